The molecule has 0 saturated heterocycles. The van der Waals surface area contributed by atoms with Gasteiger partial charge in [0.15, 0.2) is 0 Å². The third kappa shape index (κ3) is 3.20. The van der Waals surface area contributed by atoms with Crippen LogP contribution in [0.4, 0.5) is 11.4 Å². The summed E-state index contributed by atoms with van der Waals surface area (Å²) in [6.07, 6.45) is 1.40. The fourth-order valence-electron chi connectivity index (χ4n) is 1.86. The molecule has 4 N–H and O–H groups in total. The number of thioether (sulfide) groups is 1. The smallest absolute Gasteiger partial charge is 0.258 e. The van der Waals surface area contributed by atoms with Crippen molar-refractivity contribution in [2.75, 3.05) is 22.6 Å². The number of nitrogens with one attached hydrogen (secondary N) is 2. The lowest BCUT2D eigenvalue weighted by atomic mass is 10.2. The van der Waals surface area contributed by atoms with Crippen molar-refractivity contribution in [1.82, 2.24) is 9.97 Å². The number of anilines is 2. The first kappa shape index (κ1) is 13.7. The number of nitrogens with zero attached hydrogens (tertiary/aromatic N) is 1. The molecule has 102 valence electrons. The molecular formula is C13H18N4OS. The van der Waals surface area contributed by atoms with Gasteiger partial charge in [-0.3, -0.25) is 4.79 Å². The second kappa shape index (κ2) is 5.97. The van der Waals surface area contributed by atoms with Crippen molar-refractivity contribution in [1.29, 1.82) is 0 Å². The maximum absolute atomic E-state index is 11.6. The summed E-state index contributed by atoms with van der Waals surface area (Å²) in [5, 5.41) is 3.87. The molecule has 0 radical (unpaired) electrons. The highest BCUT2D eigenvalue weighted by Crippen LogP contribution is 2.24. The van der Waals surface area contributed by atoms with E-state index in [0.29, 0.717) is 22.6 Å². The lowest BCUT2D eigenvalue weighted by Crippen LogP contribution is -2.19. The van der Waals surface area contributed by atoms with Gasteiger partial charge in [0.1, 0.15) is 0 Å². The topological polar surface area (TPSA) is 83.8 Å². The van der Waals surface area contributed by atoms with E-state index in [0.717, 1.165) is 17.2 Å². The summed E-state index contributed by atoms with van der Waals surface area (Å²) in [6.45, 7) is 4.25. The highest BCUT2D eigenvalue weighted by Gasteiger charge is 2.08. The summed E-state index contributed by atoms with van der Waals surface area (Å²) in [6, 6.07) is 3.81. The number of aromatic nitrogens is 2. The van der Waals surface area contributed by atoms with Crippen molar-refractivity contribution in [2.45, 2.75) is 19.9 Å². The molecule has 1 aromatic carbocycles. The number of rotatable bonds is 5. The zero-order valence-corrected chi connectivity index (χ0v) is 11.9. The molecule has 0 aliphatic rings. The largest absolute Gasteiger partial charge is 0.397 e. The lowest BCUT2D eigenvalue weighted by Gasteiger charge is -2.16. The van der Waals surface area contributed by atoms with Crippen LogP contribution in [-0.4, -0.2) is 27.5 Å². The van der Waals surface area contributed by atoms with E-state index in [1.54, 1.807) is 6.07 Å². The number of fused-ring (bicyclic) bond motifs is 1. The van der Waals surface area contributed by atoms with Gasteiger partial charge in [-0.15, -0.1) is 0 Å². The quantitative estimate of drug-likeness (QED) is 0.729. The van der Waals surface area contributed by atoms with Crippen LogP contribution in [0.3, 0.4) is 0 Å². The summed E-state index contributed by atoms with van der Waals surface area (Å²) in [4.78, 5) is 18.3. The predicted molar refractivity (Wildman–Crippen MR) is 82.9 cm³/mol. The summed E-state index contributed by atoms with van der Waals surface area (Å²) in [5.74, 6) is 2.10. The van der Waals surface area contributed by atoms with Crippen molar-refractivity contribution < 1.29 is 0 Å². The Hall–Kier alpha value is -1.69. The molecular weight excluding hydrogens is 260 g/mol. The van der Waals surface area contributed by atoms with Crippen molar-refractivity contribution in [3.05, 3.63) is 28.8 Å². The molecule has 0 bridgehead atoms. The Morgan fingerprint density at radius 2 is 2.32 bits per heavy atom. The van der Waals surface area contributed by atoms with Gasteiger partial charge < -0.3 is 16.0 Å². The first-order valence-corrected chi connectivity index (χ1v) is 7.38. The molecule has 19 heavy (non-hydrogen) atoms. The number of hydrogen-bond acceptors (Lipinski definition) is 5. The van der Waals surface area contributed by atoms with Crippen molar-refractivity contribution in [3.8, 4) is 0 Å². The number of aromatic amines is 1. The van der Waals surface area contributed by atoms with Crippen LogP contribution in [0.2, 0.25) is 0 Å². The standard InChI is InChI=1S/C13H18N4OS/c1-3-19-6-8(2)17-12-5-11-9(4-10(12)14)13(18)16-7-15-11/h4-5,7-8,17H,3,6,14H2,1-2H3,(H,15,16,18). The van der Waals surface area contributed by atoms with Crippen molar-refractivity contribution in [3.63, 3.8) is 0 Å². The normalized spacial score (nSPS) is 12.5. The van der Waals surface area contributed by atoms with E-state index in [4.69, 9.17) is 5.73 Å². The molecule has 0 spiro atoms. The van der Waals surface area contributed by atoms with Crippen molar-refractivity contribution >= 4 is 34.0 Å². The summed E-state index contributed by atoms with van der Waals surface area (Å²) in [7, 11) is 0. The molecule has 5 nitrogen and oxygen atoms in total. The summed E-state index contributed by atoms with van der Waals surface area (Å²) in [5.41, 5.74) is 7.86. The van der Waals surface area contributed by atoms with Gasteiger partial charge in [-0.1, -0.05) is 6.92 Å². The van der Waals surface area contributed by atoms with Gasteiger partial charge in [0.05, 0.1) is 28.6 Å². The lowest BCUT2D eigenvalue weighted by molar-refractivity contribution is 0.914. The van der Waals surface area contributed by atoms with Gasteiger partial charge in [0.25, 0.3) is 5.56 Å². The summed E-state index contributed by atoms with van der Waals surface area (Å²) >= 11 is 1.87. The van der Waals surface area contributed by atoms with Gasteiger partial charge >= 0.3 is 0 Å². The van der Waals surface area contributed by atoms with Gasteiger partial charge in [-0.2, -0.15) is 11.8 Å². The number of hydrogen-bond donors (Lipinski definition) is 3. The van der Waals surface area contributed by atoms with Crippen LogP contribution in [0.15, 0.2) is 23.3 Å². The maximum Gasteiger partial charge on any atom is 0.258 e. The third-order valence-corrected chi connectivity index (χ3v) is 3.93. The van der Waals surface area contributed by atoms with E-state index in [2.05, 4.69) is 29.1 Å². The van der Waals surface area contributed by atoms with Crippen molar-refractivity contribution in [2.24, 2.45) is 0 Å². The fourth-order valence-corrected chi connectivity index (χ4v) is 2.53. The minimum absolute atomic E-state index is 0.169. The zero-order valence-electron chi connectivity index (χ0n) is 11.1. The Kier molecular flexibility index (Phi) is 4.31. The number of nitrogens with two attached hydrogens (primary N) is 1. The van der Waals surface area contributed by atoms with E-state index in [-0.39, 0.29) is 5.56 Å². The highest BCUT2D eigenvalue weighted by atomic mass is 32.2. The molecule has 1 aromatic heterocycles. The van der Waals surface area contributed by atoms with Crippen LogP contribution in [0.5, 0.6) is 0 Å². The SMILES string of the molecule is CCSCC(C)Nc1cc2nc[nH]c(=O)c2cc1N. The van der Waals surface area contributed by atoms with Gasteiger partial charge in [0, 0.05) is 11.8 Å². The first-order valence-electron chi connectivity index (χ1n) is 6.23. The molecule has 0 amide bonds. The Labute approximate surface area is 116 Å². The van der Waals surface area contributed by atoms with Crippen LogP contribution < -0.4 is 16.6 Å². The van der Waals surface area contributed by atoms with Crippen LogP contribution in [0, 0.1) is 0 Å². The van der Waals surface area contributed by atoms with Gasteiger partial charge in [-0.05, 0) is 24.8 Å². The van der Waals surface area contributed by atoms with E-state index < -0.39 is 0 Å². The first-order chi connectivity index (χ1) is 9.11. The molecule has 2 rings (SSSR count). The van der Waals surface area contributed by atoms with Gasteiger partial charge in [-0.25, -0.2) is 4.98 Å². The average molecular weight is 278 g/mol. The van der Waals surface area contributed by atoms with Crippen LogP contribution >= 0.6 is 11.8 Å². The molecule has 1 unspecified atom stereocenters. The summed E-state index contributed by atoms with van der Waals surface area (Å²) < 4.78 is 0. The highest BCUT2D eigenvalue weighted by molar-refractivity contribution is 7.99. The molecule has 0 aliphatic heterocycles. The number of nitrogen functional groups attached to an aromatic ring is 1. The van der Waals surface area contributed by atoms with Crippen LogP contribution in [0.25, 0.3) is 10.9 Å². The monoisotopic (exact) mass is 278 g/mol. The van der Waals surface area contributed by atoms with Gasteiger partial charge in [0.2, 0.25) is 0 Å². The molecule has 1 heterocycles. The van der Waals surface area contributed by atoms with E-state index in [1.165, 1.54) is 6.33 Å². The Morgan fingerprint density at radius 1 is 1.53 bits per heavy atom. The van der Waals surface area contributed by atoms with E-state index >= 15 is 0 Å². The van der Waals surface area contributed by atoms with Crippen LogP contribution in [0.1, 0.15) is 13.8 Å². The second-order valence-corrected chi connectivity index (χ2v) is 5.71. The maximum atomic E-state index is 11.6. The Bertz CT molecular complexity index is 626. The third-order valence-electron chi connectivity index (χ3n) is 2.79. The molecule has 0 fully saturated rings. The van der Waals surface area contributed by atoms with E-state index in [9.17, 15) is 4.79 Å². The average Bonchev–Trinajstić information content (AvgIpc) is 2.38. The van der Waals surface area contributed by atoms with Crippen LogP contribution in [-0.2, 0) is 0 Å². The molecule has 0 saturated carbocycles. The molecule has 6 heteroatoms. The zero-order chi connectivity index (χ0) is 13.8. The number of benzene rings is 1. The molecule has 0 aliphatic carbocycles. The fraction of sp³-hybridized carbons (Fsp3) is 0.385. The minimum atomic E-state index is -0.169. The minimum Gasteiger partial charge on any atom is -0.397 e. The Morgan fingerprint density at radius 3 is 3.05 bits per heavy atom. The predicted octanol–water partition coefficient (Wildman–Crippen LogP) is 2.06. The van der Waals surface area contributed by atoms with E-state index in [1.807, 2.05) is 17.8 Å². The molecule has 1 atom stereocenters. The second-order valence-electron chi connectivity index (χ2n) is 4.39. The molecule has 2 aromatic rings. The Balaban J connectivity index is 2.29. The number of H-pyrrole nitrogens is 1.